The molecule has 0 aliphatic rings. The van der Waals surface area contributed by atoms with Crippen molar-refractivity contribution in [2.24, 2.45) is 0 Å². The van der Waals surface area contributed by atoms with E-state index in [2.05, 4.69) is 16.6 Å². The Morgan fingerprint density at radius 3 is 1.61 bits per heavy atom. The van der Waals surface area contributed by atoms with Gasteiger partial charge in [-0.3, -0.25) is 14.4 Å². The summed E-state index contributed by atoms with van der Waals surface area (Å²) in [6.07, 6.45) is 6.53. The molecule has 0 aromatic heterocycles. The van der Waals surface area contributed by atoms with E-state index in [0.717, 1.165) is 18.9 Å². The highest BCUT2D eigenvalue weighted by Crippen LogP contribution is 2.05. The average Bonchev–Trinajstić information content (AvgIpc) is 2.78. The highest BCUT2D eigenvalue weighted by Gasteiger charge is 2.12. The summed E-state index contributed by atoms with van der Waals surface area (Å²) in [7, 11) is 1.49. The van der Waals surface area contributed by atoms with Crippen LogP contribution in [0.3, 0.4) is 0 Å². The summed E-state index contributed by atoms with van der Waals surface area (Å²) in [6, 6.07) is 0. The van der Waals surface area contributed by atoms with Gasteiger partial charge in [-0.05, 0) is 25.7 Å². The Labute approximate surface area is 183 Å². The number of ketones is 2. The maximum atomic E-state index is 11.3. The molecule has 31 heavy (non-hydrogen) atoms. The molecule has 0 saturated carbocycles. The number of hydrogen-bond acceptors (Lipinski definition) is 9. The molecule has 0 radical (unpaired) electrons. The van der Waals surface area contributed by atoms with Gasteiger partial charge in [0.05, 0.1) is 13.0 Å². The fraction of sp³-hybridized carbons (Fsp3) is 0.667. The quantitative estimate of drug-likeness (QED) is 0.0648. The number of Topliss-reactive ketones (excluding diaryl/α,β-unsaturated/α-hetero) is 2. The number of carbonyl (C=O) groups excluding carboxylic acids is 5. The molecule has 0 atom stereocenters. The molecule has 0 aromatic rings. The molecule has 10 heteroatoms. The van der Waals surface area contributed by atoms with E-state index in [0.29, 0.717) is 44.8 Å². The highest BCUT2D eigenvalue weighted by atomic mass is 16.5. The SMILES string of the molecule is C=CC(=O)OCCO.CNC(=O)CC=O.O=C(CCCCCO)C(=O)CCCCCO. The number of aldehydes is 1. The molecule has 0 aromatic carbocycles. The zero-order chi connectivity index (χ0) is 24.3. The molecule has 0 rings (SSSR count). The van der Waals surface area contributed by atoms with Gasteiger partial charge in [-0.1, -0.05) is 19.4 Å². The third-order valence-electron chi connectivity index (χ3n) is 3.48. The van der Waals surface area contributed by atoms with Crippen molar-refractivity contribution in [1.82, 2.24) is 5.32 Å². The molecular weight excluding hydrogens is 410 g/mol. The Balaban J connectivity index is -0.000000435. The summed E-state index contributed by atoms with van der Waals surface area (Å²) >= 11 is 0. The molecule has 1 amide bonds. The van der Waals surface area contributed by atoms with Crippen LogP contribution in [-0.4, -0.2) is 78.5 Å². The number of ether oxygens (including phenoxy) is 1. The van der Waals surface area contributed by atoms with Crippen LogP contribution < -0.4 is 5.32 Å². The lowest BCUT2D eigenvalue weighted by Crippen LogP contribution is -2.17. The van der Waals surface area contributed by atoms with E-state index in [9.17, 15) is 24.0 Å². The maximum Gasteiger partial charge on any atom is 0.330 e. The maximum absolute atomic E-state index is 11.3. The molecule has 4 N–H and O–H groups in total. The first kappa shape index (κ1) is 33.2. The van der Waals surface area contributed by atoms with Crippen molar-refractivity contribution in [3.05, 3.63) is 12.7 Å². The normalized spacial score (nSPS) is 9.16. The molecule has 0 unspecified atom stereocenters. The summed E-state index contributed by atoms with van der Waals surface area (Å²) in [4.78, 5) is 52.3. The number of nitrogens with one attached hydrogen (secondary N) is 1. The first-order valence-corrected chi connectivity index (χ1v) is 10.2. The Morgan fingerprint density at radius 1 is 0.839 bits per heavy atom. The number of carbonyl (C=O) groups is 5. The first-order valence-electron chi connectivity index (χ1n) is 10.2. The van der Waals surface area contributed by atoms with Crippen molar-refractivity contribution in [3.63, 3.8) is 0 Å². The van der Waals surface area contributed by atoms with Crippen LogP contribution >= 0.6 is 0 Å². The van der Waals surface area contributed by atoms with E-state index < -0.39 is 5.97 Å². The van der Waals surface area contributed by atoms with Gasteiger partial charge in [0.15, 0.2) is 11.6 Å². The van der Waals surface area contributed by atoms with Crippen LogP contribution in [0.25, 0.3) is 0 Å². The molecule has 0 saturated heterocycles. The van der Waals surface area contributed by atoms with E-state index in [1.165, 1.54) is 7.05 Å². The van der Waals surface area contributed by atoms with E-state index in [1.807, 2.05) is 0 Å². The fourth-order valence-corrected chi connectivity index (χ4v) is 1.81. The van der Waals surface area contributed by atoms with Gasteiger partial charge in [-0.25, -0.2) is 4.79 Å². The summed E-state index contributed by atoms with van der Waals surface area (Å²) in [5.74, 6) is -1.32. The van der Waals surface area contributed by atoms with Crippen LogP contribution in [0.4, 0.5) is 0 Å². The van der Waals surface area contributed by atoms with Gasteiger partial charge in [-0.2, -0.15) is 0 Å². The summed E-state index contributed by atoms with van der Waals surface area (Å²) in [5.41, 5.74) is 0. The molecule has 0 bridgehead atoms. The standard InChI is InChI=1S/C12H22O4.C5H8O3.C4H7NO2/c13-9-5-1-3-7-11(15)12(16)8-4-2-6-10-14;1-2-5(7)8-4-3-6;1-5-4(7)2-3-6/h13-14H,1-10H2;2,6H,1,3-4H2;3H,2H2,1H3,(H,5,7). The third-order valence-corrected chi connectivity index (χ3v) is 3.48. The van der Waals surface area contributed by atoms with E-state index in [4.69, 9.17) is 15.3 Å². The molecule has 0 heterocycles. The van der Waals surface area contributed by atoms with Gasteiger partial charge < -0.3 is 30.2 Å². The van der Waals surface area contributed by atoms with Crippen molar-refractivity contribution in [2.45, 2.75) is 57.8 Å². The Bertz CT molecular complexity index is 485. The van der Waals surface area contributed by atoms with E-state index in [-0.39, 0.29) is 50.3 Å². The fourth-order valence-electron chi connectivity index (χ4n) is 1.81. The predicted octanol–water partition coefficient (Wildman–Crippen LogP) is 0.259. The Morgan fingerprint density at radius 2 is 1.32 bits per heavy atom. The second kappa shape index (κ2) is 27.6. The number of aliphatic hydroxyl groups is 3. The lowest BCUT2D eigenvalue weighted by atomic mass is 10.0. The minimum Gasteiger partial charge on any atom is -0.460 e. The highest BCUT2D eigenvalue weighted by molar-refractivity contribution is 6.37. The summed E-state index contributed by atoms with van der Waals surface area (Å²) in [5, 5.41) is 27.5. The average molecular weight is 448 g/mol. The monoisotopic (exact) mass is 447 g/mol. The van der Waals surface area contributed by atoms with Gasteiger partial charge in [0.25, 0.3) is 0 Å². The van der Waals surface area contributed by atoms with Crippen LogP contribution in [0, 0.1) is 0 Å². The number of amides is 1. The van der Waals surface area contributed by atoms with Crippen molar-refractivity contribution < 1.29 is 44.0 Å². The predicted molar refractivity (Wildman–Crippen MR) is 114 cm³/mol. The Kier molecular flexibility index (Phi) is 29.5. The largest absolute Gasteiger partial charge is 0.460 e. The minimum absolute atomic E-state index is 0.0312. The van der Waals surface area contributed by atoms with Gasteiger partial charge in [0.1, 0.15) is 12.9 Å². The van der Waals surface area contributed by atoms with Gasteiger partial charge >= 0.3 is 5.97 Å². The Hall–Kier alpha value is -2.43. The van der Waals surface area contributed by atoms with Gasteiger partial charge in [0.2, 0.25) is 5.91 Å². The molecule has 180 valence electrons. The molecule has 0 aliphatic heterocycles. The van der Waals surface area contributed by atoms with Crippen LogP contribution in [0.2, 0.25) is 0 Å². The van der Waals surface area contributed by atoms with E-state index in [1.54, 1.807) is 0 Å². The van der Waals surface area contributed by atoms with Crippen LogP contribution in [0.5, 0.6) is 0 Å². The van der Waals surface area contributed by atoms with Crippen molar-refractivity contribution in [1.29, 1.82) is 0 Å². The lowest BCUT2D eigenvalue weighted by Gasteiger charge is -2.00. The van der Waals surface area contributed by atoms with Crippen molar-refractivity contribution in [3.8, 4) is 0 Å². The molecule has 10 nitrogen and oxygen atoms in total. The topological polar surface area (TPSA) is 167 Å². The third kappa shape index (κ3) is 29.9. The second-order valence-electron chi connectivity index (χ2n) is 6.05. The minimum atomic E-state index is -0.501. The summed E-state index contributed by atoms with van der Waals surface area (Å²) < 4.78 is 4.33. The number of unbranched alkanes of at least 4 members (excludes halogenated alkanes) is 4. The zero-order valence-electron chi connectivity index (χ0n) is 18.3. The van der Waals surface area contributed by atoms with Crippen molar-refractivity contribution in [2.75, 3.05) is 33.5 Å². The first-order chi connectivity index (χ1) is 14.8. The molecule has 0 fully saturated rings. The zero-order valence-corrected chi connectivity index (χ0v) is 18.3. The molecular formula is C21H37NO9. The van der Waals surface area contributed by atoms with Gasteiger partial charge in [-0.15, -0.1) is 0 Å². The van der Waals surface area contributed by atoms with Crippen LogP contribution in [0.15, 0.2) is 12.7 Å². The number of aliphatic hydroxyl groups excluding tert-OH is 3. The van der Waals surface area contributed by atoms with Gasteiger partial charge in [0, 0.05) is 39.2 Å². The van der Waals surface area contributed by atoms with Crippen LogP contribution in [-0.2, 0) is 28.7 Å². The van der Waals surface area contributed by atoms with E-state index >= 15 is 0 Å². The summed E-state index contributed by atoms with van der Waals surface area (Å²) in [6.45, 7) is 3.35. The molecule has 0 aliphatic carbocycles. The second-order valence-corrected chi connectivity index (χ2v) is 6.05. The van der Waals surface area contributed by atoms with Crippen LogP contribution in [0.1, 0.15) is 57.8 Å². The lowest BCUT2D eigenvalue weighted by molar-refractivity contribution is -0.138. The van der Waals surface area contributed by atoms with Crippen molar-refractivity contribution >= 4 is 29.7 Å². The number of rotatable bonds is 16. The smallest absolute Gasteiger partial charge is 0.330 e. The molecule has 0 spiro atoms. The number of hydrogen-bond donors (Lipinski definition) is 4. The number of esters is 1.